The highest BCUT2D eigenvalue weighted by Gasteiger charge is 2.25. The Balaban J connectivity index is 1.43. The van der Waals surface area contributed by atoms with Gasteiger partial charge in [0.25, 0.3) is 0 Å². The molecule has 0 radical (unpaired) electrons. The van der Waals surface area contributed by atoms with Crippen molar-refractivity contribution in [1.29, 1.82) is 0 Å². The lowest BCUT2D eigenvalue weighted by Gasteiger charge is -2.32. The van der Waals surface area contributed by atoms with E-state index in [4.69, 9.17) is 9.47 Å². The number of ether oxygens (including phenoxy) is 2. The van der Waals surface area contributed by atoms with Crippen molar-refractivity contribution in [3.05, 3.63) is 54.7 Å². The Kier molecular flexibility index (Phi) is 5.23. The molecule has 3 aromatic rings. The first kappa shape index (κ1) is 18.0. The Bertz CT molecular complexity index is 973. The minimum absolute atomic E-state index is 0.119. The number of carbonyl (C=O) groups is 1. The van der Waals surface area contributed by atoms with Crippen LogP contribution in [0.4, 0.5) is 10.5 Å². The lowest BCUT2D eigenvalue weighted by molar-refractivity contribution is 0.102. The number of hydrogen-bond donors (Lipinski definition) is 1. The summed E-state index contributed by atoms with van der Waals surface area (Å²) >= 11 is 0. The van der Waals surface area contributed by atoms with E-state index in [0.29, 0.717) is 19.0 Å². The molecule has 7 nitrogen and oxygen atoms in total. The quantitative estimate of drug-likeness (QED) is 0.749. The van der Waals surface area contributed by atoms with E-state index in [1.807, 2.05) is 42.5 Å². The smallest absolute Gasteiger partial charge is 0.321 e. The molecule has 2 heterocycles. The van der Waals surface area contributed by atoms with Crippen molar-refractivity contribution in [3.8, 4) is 11.9 Å². The zero-order valence-corrected chi connectivity index (χ0v) is 15.7. The number of likely N-dealkylation sites (tertiary alicyclic amines) is 1. The standard InChI is InChI=1S/C21H22N4O3/c1-27-20-22-12-11-19(24-20)28-16-8-5-13-25(14-16)21(26)23-18-10-4-7-15-6-2-3-9-17(15)18/h2-4,6-7,9-12,16H,5,8,13-14H2,1H3,(H,23,26). The predicted molar refractivity (Wildman–Crippen MR) is 107 cm³/mol. The molecule has 0 aliphatic carbocycles. The third-order valence-electron chi connectivity index (χ3n) is 4.77. The predicted octanol–water partition coefficient (Wildman–Crippen LogP) is 3.71. The molecule has 28 heavy (non-hydrogen) atoms. The van der Waals surface area contributed by atoms with Gasteiger partial charge in [-0.3, -0.25) is 0 Å². The Labute approximate surface area is 163 Å². The van der Waals surface area contributed by atoms with Crippen molar-refractivity contribution >= 4 is 22.5 Å². The third-order valence-corrected chi connectivity index (χ3v) is 4.77. The van der Waals surface area contributed by atoms with Gasteiger partial charge in [0.15, 0.2) is 0 Å². The van der Waals surface area contributed by atoms with Crippen molar-refractivity contribution in [2.24, 2.45) is 0 Å². The van der Waals surface area contributed by atoms with Gasteiger partial charge >= 0.3 is 12.0 Å². The maximum absolute atomic E-state index is 12.8. The van der Waals surface area contributed by atoms with Crippen LogP contribution in [0.2, 0.25) is 0 Å². The summed E-state index contributed by atoms with van der Waals surface area (Å²) in [6.45, 7) is 1.20. The maximum Gasteiger partial charge on any atom is 0.321 e. The molecule has 1 atom stereocenters. The highest BCUT2D eigenvalue weighted by Crippen LogP contribution is 2.24. The van der Waals surface area contributed by atoms with Crippen molar-refractivity contribution in [2.45, 2.75) is 18.9 Å². The van der Waals surface area contributed by atoms with Gasteiger partial charge in [-0.1, -0.05) is 36.4 Å². The molecule has 1 aromatic heterocycles. The Hall–Kier alpha value is -3.35. The highest BCUT2D eigenvalue weighted by molar-refractivity contribution is 6.01. The zero-order chi connectivity index (χ0) is 19.3. The fraction of sp³-hybridized carbons (Fsp3) is 0.286. The average molecular weight is 378 g/mol. The molecule has 1 aliphatic rings. The van der Waals surface area contributed by atoms with Crippen LogP contribution in [0.5, 0.6) is 11.9 Å². The number of piperidine rings is 1. The molecule has 144 valence electrons. The van der Waals surface area contributed by atoms with Crippen LogP contribution in [0.15, 0.2) is 54.7 Å². The molecule has 1 N–H and O–H groups in total. The van der Waals surface area contributed by atoms with E-state index in [2.05, 4.69) is 15.3 Å². The molecule has 1 aliphatic heterocycles. The SMILES string of the molecule is COc1nccc(OC2CCCN(C(=O)Nc3cccc4ccccc34)C2)n1. The number of fused-ring (bicyclic) bond motifs is 1. The molecule has 1 unspecified atom stereocenters. The van der Waals surface area contributed by atoms with Gasteiger partial charge in [-0.2, -0.15) is 4.98 Å². The van der Waals surface area contributed by atoms with E-state index < -0.39 is 0 Å². The van der Waals surface area contributed by atoms with Crippen LogP contribution >= 0.6 is 0 Å². The van der Waals surface area contributed by atoms with Gasteiger partial charge in [0.1, 0.15) is 6.10 Å². The Morgan fingerprint density at radius 1 is 1.18 bits per heavy atom. The van der Waals surface area contributed by atoms with Crippen LogP contribution in [0.1, 0.15) is 12.8 Å². The van der Waals surface area contributed by atoms with Gasteiger partial charge in [-0.25, -0.2) is 9.78 Å². The summed E-state index contributed by atoms with van der Waals surface area (Å²) in [5.41, 5.74) is 0.812. The maximum atomic E-state index is 12.8. The summed E-state index contributed by atoms with van der Waals surface area (Å²) < 4.78 is 11.0. The van der Waals surface area contributed by atoms with Crippen LogP contribution < -0.4 is 14.8 Å². The molecule has 4 rings (SSSR count). The van der Waals surface area contributed by atoms with Gasteiger partial charge in [-0.05, 0) is 24.3 Å². The summed E-state index contributed by atoms with van der Waals surface area (Å²) in [6, 6.07) is 15.7. The van der Waals surface area contributed by atoms with Crippen molar-refractivity contribution in [3.63, 3.8) is 0 Å². The monoisotopic (exact) mass is 378 g/mol. The molecule has 2 amide bonds. The van der Waals surface area contributed by atoms with Crippen LogP contribution in [-0.4, -0.2) is 47.2 Å². The average Bonchev–Trinajstić information content (AvgIpc) is 2.74. The molecule has 0 spiro atoms. The number of nitrogens with one attached hydrogen (secondary N) is 1. The number of aromatic nitrogens is 2. The summed E-state index contributed by atoms with van der Waals surface area (Å²) in [7, 11) is 1.51. The molecule has 0 saturated carbocycles. The van der Waals surface area contributed by atoms with E-state index in [1.165, 1.54) is 7.11 Å². The summed E-state index contributed by atoms with van der Waals surface area (Å²) in [5, 5.41) is 5.16. The first-order valence-electron chi connectivity index (χ1n) is 9.30. The van der Waals surface area contributed by atoms with Gasteiger partial charge < -0.3 is 19.7 Å². The van der Waals surface area contributed by atoms with Crippen LogP contribution in [-0.2, 0) is 0 Å². The van der Waals surface area contributed by atoms with E-state index in [9.17, 15) is 4.79 Å². The minimum Gasteiger partial charge on any atom is -0.472 e. The van der Waals surface area contributed by atoms with Gasteiger partial charge in [0, 0.05) is 24.2 Å². The lowest BCUT2D eigenvalue weighted by atomic mass is 10.1. The number of amides is 2. The number of urea groups is 1. The first-order chi connectivity index (χ1) is 13.7. The molecular formula is C21H22N4O3. The van der Waals surface area contributed by atoms with E-state index in [0.717, 1.165) is 29.3 Å². The summed E-state index contributed by atoms with van der Waals surface area (Å²) in [5.74, 6) is 0.452. The highest BCUT2D eigenvalue weighted by atomic mass is 16.5. The van der Waals surface area contributed by atoms with Crippen molar-refractivity contribution in [1.82, 2.24) is 14.9 Å². The second kappa shape index (κ2) is 8.12. The topological polar surface area (TPSA) is 76.6 Å². The van der Waals surface area contributed by atoms with Crippen LogP contribution in [0, 0.1) is 0 Å². The Morgan fingerprint density at radius 3 is 2.93 bits per heavy atom. The fourth-order valence-electron chi connectivity index (χ4n) is 3.41. The minimum atomic E-state index is -0.120. The number of rotatable bonds is 4. The van der Waals surface area contributed by atoms with E-state index in [1.54, 1.807) is 17.2 Å². The van der Waals surface area contributed by atoms with Gasteiger partial charge in [-0.15, -0.1) is 0 Å². The summed E-state index contributed by atoms with van der Waals surface area (Å²) in [6.07, 6.45) is 3.21. The van der Waals surface area contributed by atoms with Crippen molar-refractivity contribution in [2.75, 3.05) is 25.5 Å². The van der Waals surface area contributed by atoms with Gasteiger partial charge in [0.05, 0.1) is 19.3 Å². The number of benzene rings is 2. The second-order valence-corrected chi connectivity index (χ2v) is 6.67. The summed E-state index contributed by atoms with van der Waals surface area (Å²) in [4.78, 5) is 22.8. The molecule has 2 aromatic carbocycles. The largest absolute Gasteiger partial charge is 0.472 e. The van der Waals surface area contributed by atoms with Gasteiger partial charge in [0.2, 0.25) is 5.88 Å². The Morgan fingerprint density at radius 2 is 2.04 bits per heavy atom. The number of methoxy groups -OCH3 is 1. The zero-order valence-electron chi connectivity index (χ0n) is 15.7. The molecule has 0 bridgehead atoms. The molecule has 7 heteroatoms. The second-order valence-electron chi connectivity index (χ2n) is 6.67. The molecule has 1 fully saturated rings. The molecule has 1 saturated heterocycles. The number of anilines is 1. The fourth-order valence-corrected chi connectivity index (χ4v) is 3.41. The lowest BCUT2D eigenvalue weighted by Crippen LogP contribution is -2.46. The van der Waals surface area contributed by atoms with E-state index >= 15 is 0 Å². The first-order valence-corrected chi connectivity index (χ1v) is 9.30. The van der Waals surface area contributed by atoms with Crippen LogP contribution in [0.3, 0.4) is 0 Å². The normalized spacial score (nSPS) is 16.6. The number of carbonyl (C=O) groups excluding carboxylic acids is 1. The molecular weight excluding hydrogens is 356 g/mol. The van der Waals surface area contributed by atoms with Crippen molar-refractivity contribution < 1.29 is 14.3 Å². The van der Waals surface area contributed by atoms with Crippen LogP contribution in [0.25, 0.3) is 10.8 Å². The third kappa shape index (κ3) is 3.98. The number of hydrogen-bond acceptors (Lipinski definition) is 5. The van der Waals surface area contributed by atoms with E-state index in [-0.39, 0.29) is 18.1 Å². The number of nitrogens with zero attached hydrogens (tertiary/aromatic N) is 3.